The van der Waals surface area contributed by atoms with Crippen LogP contribution in [0.15, 0.2) is 36.7 Å². The first-order valence-electron chi connectivity index (χ1n) is 10.2. The first-order chi connectivity index (χ1) is 13.9. The van der Waals surface area contributed by atoms with Gasteiger partial charge in [0.25, 0.3) is 5.91 Å². The average molecular weight is 417 g/mol. The van der Waals surface area contributed by atoms with E-state index in [1.807, 2.05) is 44.1 Å². The highest BCUT2D eigenvalue weighted by Crippen LogP contribution is 2.25. The minimum atomic E-state index is -0.0533. The van der Waals surface area contributed by atoms with E-state index in [4.69, 9.17) is 16.3 Å². The summed E-state index contributed by atoms with van der Waals surface area (Å²) in [7, 11) is 1.86. The summed E-state index contributed by atoms with van der Waals surface area (Å²) < 4.78 is 5.55. The Bertz CT molecular complexity index is 808. The predicted octanol–water partition coefficient (Wildman–Crippen LogP) is 3.70. The Balaban J connectivity index is 1.51. The predicted molar refractivity (Wildman–Crippen MR) is 115 cm³/mol. The molecule has 7 heteroatoms. The van der Waals surface area contributed by atoms with Crippen molar-refractivity contribution in [3.63, 3.8) is 0 Å². The van der Waals surface area contributed by atoms with Crippen LogP contribution in [0.5, 0.6) is 5.88 Å². The molecule has 2 aromatic rings. The van der Waals surface area contributed by atoms with Crippen molar-refractivity contribution in [3.8, 4) is 5.88 Å². The quantitative estimate of drug-likeness (QED) is 0.688. The van der Waals surface area contributed by atoms with Crippen LogP contribution >= 0.6 is 11.6 Å². The Kier molecular flexibility index (Phi) is 7.45. The Hall–Kier alpha value is -2.18. The van der Waals surface area contributed by atoms with Crippen molar-refractivity contribution in [1.82, 2.24) is 19.8 Å². The van der Waals surface area contributed by atoms with Gasteiger partial charge in [0, 0.05) is 57.2 Å². The minimum absolute atomic E-state index is 0.0212. The second kappa shape index (κ2) is 10.0. The molecule has 0 atom stereocenters. The first kappa shape index (κ1) is 21.5. The maximum Gasteiger partial charge on any atom is 0.255 e. The Morgan fingerprint density at radius 2 is 2.07 bits per heavy atom. The summed E-state index contributed by atoms with van der Waals surface area (Å²) in [6.07, 6.45) is 6.23. The van der Waals surface area contributed by atoms with Crippen molar-refractivity contribution in [2.24, 2.45) is 0 Å². The van der Waals surface area contributed by atoms with Crippen molar-refractivity contribution >= 4 is 17.5 Å². The summed E-state index contributed by atoms with van der Waals surface area (Å²) in [6, 6.07) is 7.90. The Morgan fingerprint density at radius 1 is 1.31 bits per heavy atom. The molecule has 0 bridgehead atoms. The fourth-order valence-electron chi connectivity index (χ4n) is 3.57. The van der Waals surface area contributed by atoms with Crippen molar-refractivity contribution in [3.05, 3.63) is 52.9 Å². The van der Waals surface area contributed by atoms with E-state index in [0.717, 1.165) is 44.6 Å². The number of hydrogen-bond acceptors (Lipinski definition) is 5. The second-order valence-electron chi connectivity index (χ2n) is 7.74. The Morgan fingerprint density at radius 3 is 2.69 bits per heavy atom. The summed E-state index contributed by atoms with van der Waals surface area (Å²) >= 11 is 6.24. The summed E-state index contributed by atoms with van der Waals surface area (Å²) in [5.41, 5.74) is 1.61. The lowest BCUT2D eigenvalue weighted by molar-refractivity contribution is 0.0643. The molecule has 0 aliphatic carbocycles. The van der Waals surface area contributed by atoms with Gasteiger partial charge in [-0.15, -0.1) is 0 Å². The van der Waals surface area contributed by atoms with Crippen LogP contribution in [-0.4, -0.2) is 64.5 Å². The molecule has 1 aliphatic rings. The number of rotatable bonds is 7. The highest BCUT2D eigenvalue weighted by atomic mass is 35.5. The topological polar surface area (TPSA) is 58.6 Å². The van der Waals surface area contributed by atoms with Crippen LogP contribution in [0.4, 0.5) is 0 Å². The van der Waals surface area contributed by atoms with E-state index in [-0.39, 0.29) is 18.1 Å². The number of nitrogens with zero attached hydrogens (tertiary/aromatic N) is 4. The second-order valence-corrected chi connectivity index (χ2v) is 8.14. The zero-order valence-electron chi connectivity index (χ0n) is 17.3. The molecule has 1 saturated heterocycles. The summed E-state index contributed by atoms with van der Waals surface area (Å²) in [6.45, 7) is 6.78. The molecule has 0 spiro atoms. The lowest BCUT2D eigenvalue weighted by Gasteiger charge is -2.36. The highest BCUT2D eigenvalue weighted by molar-refractivity contribution is 6.32. The van der Waals surface area contributed by atoms with Gasteiger partial charge >= 0.3 is 0 Å². The zero-order valence-corrected chi connectivity index (χ0v) is 18.1. The largest absolute Gasteiger partial charge is 0.474 e. The number of amides is 1. The van der Waals surface area contributed by atoms with Gasteiger partial charge in [-0.05, 0) is 44.9 Å². The first-order valence-corrected chi connectivity index (χ1v) is 10.5. The van der Waals surface area contributed by atoms with E-state index in [1.54, 1.807) is 12.3 Å². The molecule has 6 nitrogen and oxygen atoms in total. The Labute approximate surface area is 177 Å². The molecular formula is C22H29ClN4O2. The van der Waals surface area contributed by atoms with Gasteiger partial charge in [0.15, 0.2) is 0 Å². The molecule has 1 amide bonds. The maximum absolute atomic E-state index is 12.9. The smallest absolute Gasteiger partial charge is 0.255 e. The molecule has 0 unspecified atom stereocenters. The van der Waals surface area contributed by atoms with Crippen molar-refractivity contribution in [2.45, 2.75) is 45.3 Å². The van der Waals surface area contributed by atoms with Gasteiger partial charge in [0.05, 0.1) is 11.7 Å². The van der Waals surface area contributed by atoms with Crippen LogP contribution in [0.25, 0.3) is 0 Å². The number of pyridine rings is 2. The molecule has 1 aliphatic heterocycles. The molecule has 29 heavy (non-hydrogen) atoms. The van der Waals surface area contributed by atoms with E-state index in [1.165, 1.54) is 0 Å². The molecule has 156 valence electrons. The number of halogens is 1. The van der Waals surface area contributed by atoms with Crippen LogP contribution in [0.3, 0.4) is 0 Å². The number of aromatic nitrogens is 2. The van der Waals surface area contributed by atoms with Gasteiger partial charge in [-0.3, -0.25) is 9.78 Å². The summed E-state index contributed by atoms with van der Waals surface area (Å²) in [5, 5.41) is 0.363. The highest BCUT2D eigenvalue weighted by Gasteiger charge is 2.26. The van der Waals surface area contributed by atoms with Crippen LogP contribution in [0, 0.1) is 0 Å². The number of ether oxygens (including phenoxy) is 1. The monoisotopic (exact) mass is 416 g/mol. The summed E-state index contributed by atoms with van der Waals surface area (Å²) in [4.78, 5) is 25.8. The van der Waals surface area contributed by atoms with Gasteiger partial charge in [0.2, 0.25) is 5.88 Å². The lowest BCUT2D eigenvalue weighted by Crippen LogP contribution is -2.46. The van der Waals surface area contributed by atoms with Crippen LogP contribution in [0.1, 0.15) is 42.7 Å². The number of hydrogen-bond donors (Lipinski definition) is 0. The summed E-state index contributed by atoms with van der Waals surface area (Å²) in [5.74, 6) is 0.310. The van der Waals surface area contributed by atoms with Gasteiger partial charge in [-0.1, -0.05) is 17.7 Å². The van der Waals surface area contributed by atoms with E-state index >= 15 is 0 Å². The fourth-order valence-corrected chi connectivity index (χ4v) is 3.78. The molecule has 0 aromatic carbocycles. The lowest BCUT2D eigenvalue weighted by atomic mass is 10.0. The third-order valence-electron chi connectivity index (χ3n) is 5.24. The molecule has 1 fully saturated rings. The fraction of sp³-hybridized carbons (Fsp3) is 0.500. The van der Waals surface area contributed by atoms with Crippen molar-refractivity contribution in [2.75, 3.05) is 26.7 Å². The van der Waals surface area contributed by atoms with Crippen LogP contribution in [0.2, 0.25) is 5.02 Å². The van der Waals surface area contributed by atoms with Gasteiger partial charge in [-0.2, -0.15) is 0 Å². The molecular weight excluding hydrogens is 388 g/mol. The average Bonchev–Trinajstić information content (AvgIpc) is 2.73. The van der Waals surface area contributed by atoms with Gasteiger partial charge in [0.1, 0.15) is 5.02 Å². The van der Waals surface area contributed by atoms with E-state index in [0.29, 0.717) is 16.5 Å². The standard InChI is InChI=1S/C22H29ClN4O2/c1-16(2)29-21-20(23)14-17(15-25-21)22(28)26(3)19-8-12-27(13-9-19)11-7-18-6-4-5-10-24-18/h4-6,10,14-16,19H,7-9,11-13H2,1-3H3. The molecule has 0 saturated carbocycles. The molecule has 3 heterocycles. The molecule has 0 N–H and O–H groups in total. The maximum atomic E-state index is 12.9. The number of piperidine rings is 1. The van der Waals surface area contributed by atoms with E-state index in [9.17, 15) is 4.79 Å². The molecule has 2 aromatic heterocycles. The van der Waals surface area contributed by atoms with Gasteiger partial charge < -0.3 is 14.5 Å². The molecule has 3 rings (SSSR count). The van der Waals surface area contributed by atoms with Crippen LogP contribution < -0.4 is 4.74 Å². The normalized spacial score (nSPS) is 15.5. The number of carbonyl (C=O) groups is 1. The third-order valence-corrected chi connectivity index (χ3v) is 5.51. The van der Waals surface area contributed by atoms with Crippen LogP contribution in [-0.2, 0) is 6.42 Å². The van der Waals surface area contributed by atoms with Crippen molar-refractivity contribution < 1.29 is 9.53 Å². The van der Waals surface area contributed by atoms with Gasteiger partial charge in [-0.25, -0.2) is 4.98 Å². The minimum Gasteiger partial charge on any atom is -0.474 e. The SMILES string of the molecule is CC(C)Oc1ncc(C(=O)N(C)C2CCN(CCc3ccccn3)CC2)cc1Cl. The van der Waals surface area contributed by atoms with E-state index in [2.05, 4.69) is 20.9 Å². The number of likely N-dealkylation sites (tertiary alicyclic amines) is 1. The third kappa shape index (κ3) is 5.90. The van der Waals surface area contributed by atoms with E-state index < -0.39 is 0 Å². The zero-order chi connectivity index (χ0) is 20.8. The number of carbonyl (C=O) groups excluding carboxylic acids is 1. The van der Waals surface area contributed by atoms with Crippen molar-refractivity contribution in [1.29, 1.82) is 0 Å². The molecule has 0 radical (unpaired) electrons.